The van der Waals surface area contributed by atoms with Crippen molar-refractivity contribution in [3.63, 3.8) is 0 Å². The van der Waals surface area contributed by atoms with Gasteiger partial charge in [-0.1, -0.05) is 42.5 Å². The Morgan fingerprint density at radius 3 is 2.40 bits per heavy atom. The summed E-state index contributed by atoms with van der Waals surface area (Å²) >= 11 is 0. The fourth-order valence-corrected chi connectivity index (χ4v) is 6.15. The third-order valence-electron chi connectivity index (χ3n) is 6.38. The van der Waals surface area contributed by atoms with E-state index in [0.29, 0.717) is 38.3 Å². The number of pyridine rings is 1. The zero-order valence-electron chi connectivity index (χ0n) is 19.2. The lowest BCUT2D eigenvalue weighted by Gasteiger charge is -2.34. The smallest absolute Gasteiger partial charge is 0.270 e. The van der Waals surface area contributed by atoms with Crippen LogP contribution in [-0.2, 0) is 16.6 Å². The molecule has 1 aliphatic heterocycles. The van der Waals surface area contributed by atoms with E-state index in [1.54, 1.807) is 6.92 Å². The number of hydrogen-bond acceptors (Lipinski definition) is 6. The van der Waals surface area contributed by atoms with E-state index in [1.807, 2.05) is 54.7 Å². The van der Waals surface area contributed by atoms with Crippen LogP contribution in [0.15, 0.2) is 77.8 Å². The molecule has 3 heterocycles. The Balaban J connectivity index is 1.37. The maximum Gasteiger partial charge on any atom is 0.270 e. The molecule has 0 saturated carbocycles. The number of fused-ring (bicyclic) bond motifs is 1. The first kappa shape index (κ1) is 23.2. The average Bonchev–Trinajstić information content (AvgIpc) is 3.23. The molecule has 5 rings (SSSR count). The molecule has 1 fully saturated rings. The van der Waals surface area contributed by atoms with Gasteiger partial charge in [-0.2, -0.15) is 4.31 Å². The molecule has 180 valence electrons. The molecule has 0 N–H and O–H groups in total. The van der Waals surface area contributed by atoms with Crippen LogP contribution in [0.3, 0.4) is 0 Å². The molecule has 0 aliphatic carbocycles. The third-order valence-corrected chi connectivity index (χ3v) is 8.42. The highest BCUT2D eigenvalue weighted by molar-refractivity contribution is 7.89. The Hall–Kier alpha value is -3.60. The quantitative estimate of drug-likeness (QED) is 0.301. The largest absolute Gasteiger partial charge is 0.302 e. The summed E-state index contributed by atoms with van der Waals surface area (Å²) in [5.41, 5.74) is 4.14. The lowest BCUT2D eigenvalue weighted by Crippen LogP contribution is -2.48. The highest BCUT2D eigenvalue weighted by atomic mass is 32.2. The van der Waals surface area contributed by atoms with Crippen molar-refractivity contribution in [2.75, 3.05) is 26.2 Å². The zero-order valence-corrected chi connectivity index (χ0v) is 20.1. The number of sulfonamides is 1. The van der Waals surface area contributed by atoms with E-state index >= 15 is 0 Å². The van der Waals surface area contributed by atoms with Crippen LogP contribution in [0, 0.1) is 17.0 Å². The van der Waals surface area contributed by atoms with E-state index in [-0.39, 0.29) is 10.6 Å². The number of benzene rings is 2. The van der Waals surface area contributed by atoms with Crippen LogP contribution in [0.25, 0.3) is 16.9 Å². The lowest BCUT2D eigenvalue weighted by atomic mass is 10.1. The molecule has 1 saturated heterocycles. The molecule has 2 aromatic carbocycles. The summed E-state index contributed by atoms with van der Waals surface area (Å²) in [6.07, 6.45) is 2.00. The molecule has 0 atom stereocenters. The summed E-state index contributed by atoms with van der Waals surface area (Å²) in [5.74, 6) is 0. The van der Waals surface area contributed by atoms with Crippen molar-refractivity contribution >= 4 is 21.4 Å². The van der Waals surface area contributed by atoms with Gasteiger partial charge >= 0.3 is 0 Å². The number of nitro benzene ring substituents is 1. The Kier molecular flexibility index (Phi) is 6.10. The first-order chi connectivity index (χ1) is 16.8. The van der Waals surface area contributed by atoms with Crippen molar-refractivity contribution in [2.24, 2.45) is 0 Å². The fraction of sp³-hybridized carbons (Fsp3) is 0.240. The molecule has 9 nitrogen and oxygen atoms in total. The summed E-state index contributed by atoms with van der Waals surface area (Å²) in [4.78, 5) is 17.7. The van der Waals surface area contributed by atoms with Gasteiger partial charge in [-0.15, -0.1) is 0 Å². The van der Waals surface area contributed by atoms with Gasteiger partial charge < -0.3 is 4.40 Å². The van der Waals surface area contributed by atoms with Crippen LogP contribution in [0.1, 0.15) is 11.3 Å². The minimum atomic E-state index is -3.84. The van der Waals surface area contributed by atoms with Gasteiger partial charge in [-0.05, 0) is 24.6 Å². The number of hydrogen-bond donors (Lipinski definition) is 0. The number of nitro groups is 1. The van der Waals surface area contributed by atoms with Gasteiger partial charge in [0.25, 0.3) is 5.69 Å². The number of aromatic nitrogens is 2. The van der Waals surface area contributed by atoms with Crippen molar-refractivity contribution in [3.05, 3.63) is 94.3 Å². The van der Waals surface area contributed by atoms with Gasteiger partial charge in [0.2, 0.25) is 10.0 Å². The van der Waals surface area contributed by atoms with Crippen LogP contribution in [0.5, 0.6) is 0 Å². The number of aryl methyl sites for hydroxylation is 1. The Morgan fingerprint density at radius 1 is 0.971 bits per heavy atom. The highest BCUT2D eigenvalue weighted by Crippen LogP contribution is 2.28. The number of imidazole rings is 1. The molecule has 0 amide bonds. The molecule has 2 aromatic heterocycles. The predicted molar refractivity (Wildman–Crippen MR) is 132 cm³/mol. The van der Waals surface area contributed by atoms with E-state index in [9.17, 15) is 18.5 Å². The number of rotatable bonds is 6. The molecule has 0 radical (unpaired) electrons. The minimum Gasteiger partial charge on any atom is -0.302 e. The van der Waals surface area contributed by atoms with E-state index in [2.05, 4.69) is 9.30 Å². The van der Waals surface area contributed by atoms with Gasteiger partial charge in [0.05, 0.1) is 21.2 Å². The molecule has 1 aliphatic rings. The molecular weight excluding hydrogens is 466 g/mol. The van der Waals surface area contributed by atoms with Crippen molar-refractivity contribution in [2.45, 2.75) is 18.4 Å². The minimum absolute atomic E-state index is 0.00621. The monoisotopic (exact) mass is 491 g/mol. The molecule has 0 unspecified atom stereocenters. The summed E-state index contributed by atoms with van der Waals surface area (Å²) in [7, 11) is -3.84. The molecule has 0 bridgehead atoms. The summed E-state index contributed by atoms with van der Waals surface area (Å²) in [6.45, 7) is 3.98. The highest BCUT2D eigenvalue weighted by Gasteiger charge is 2.31. The van der Waals surface area contributed by atoms with Gasteiger partial charge in [-0.25, -0.2) is 13.4 Å². The van der Waals surface area contributed by atoms with Gasteiger partial charge in [0.15, 0.2) is 0 Å². The van der Waals surface area contributed by atoms with Gasteiger partial charge in [0, 0.05) is 56.6 Å². The zero-order chi connectivity index (χ0) is 24.6. The Labute approximate surface area is 203 Å². The SMILES string of the molecule is Cc1ccc([N+](=O)[O-])cc1S(=O)(=O)N1CCN(Cc2c(-c3ccccc3)nc3ccccn23)CC1. The van der Waals surface area contributed by atoms with Gasteiger partial charge in [-0.3, -0.25) is 15.0 Å². The number of non-ortho nitro benzene ring substituents is 1. The summed E-state index contributed by atoms with van der Waals surface area (Å²) in [6, 6.07) is 19.9. The van der Waals surface area contributed by atoms with Crippen LogP contribution in [0.4, 0.5) is 5.69 Å². The Morgan fingerprint density at radius 2 is 1.69 bits per heavy atom. The normalized spacial score (nSPS) is 15.5. The predicted octanol–water partition coefficient (Wildman–Crippen LogP) is 3.72. The van der Waals surface area contributed by atoms with Crippen molar-refractivity contribution in [3.8, 4) is 11.3 Å². The molecule has 35 heavy (non-hydrogen) atoms. The van der Waals surface area contributed by atoms with Crippen LogP contribution in [-0.4, -0.2) is 58.1 Å². The molecular formula is C25H25N5O4S. The maximum absolute atomic E-state index is 13.3. The second-order valence-corrected chi connectivity index (χ2v) is 10.5. The van der Waals surface area contributed by atoms with Crippen molar-refractivity contribution in [1.82, 2.24) is 18.6 Å². The molecule has 10 heteroatoms. The topological polar surface area (TPSA) is 101 Å². The van der Waals surface area contributed by atoms with Crippen molar-refractivity contribution < 1.29 is 13.3 Å². The van der Waals surface area contributed by atoms with Crippen LogP contribution >= 0.6 is 0 Å². The summed E-state index contributed by atoms with van der Waals surface area (Å²) in [5, 5.41) is 11.2. The third kappa shape index (κ3) is 4.43. The Bertz CT molecular complexity index is 1490. The second-order valence-electron chi connectivity index (χ2n) is 8.59. The number of nitrogens with zero attached hydrogens (tertiary/aromatic N) is 5. The standard InChI is InChI=1S/C25H25N5O4S/c1-19-10-11-21(30(31)32)17-23(19)35(33,34)28-15-13-27(14-16-28)18-22-25(20-7-3-2-4-8-20)26-24-9-5-6-12-29(22)24/h2-12,17H,13-16,18H2,1H3. The van der Waals surface area contributed by atoms with Crippen molar-refractivity contribution in [1.29, 1.82) is 0 Å². The maximum atomic E-state index is 13.3. The van der Waals surface area contributed by atoms with Crippen LogP contribution in [0.2, 0.25) is 0 Å². The molecule has 4 aromatic rings. The average molecular weight is 492 g/mol. The van der Waals surface area contributed by atoms with E-state index in [4.69, 9.17) is 4.98 Å². The fourth-order valence-electron chi connectivity index (χ4n) is 4.48. The van der Waals surface area contributed by atoms with E-state index < -0.39 is 14.9 Å². The van der Waals surface area contributed by atoms with Gasteiger partial charge in [0.1, 0.15) is 5.65 Å². The van der Waals surface area contributed by atoms with E-state index in [1.165, 1.54) is 16.4 Å². The summed E-state index contributed by atoms with van der Waals surface area (Å²) < 4.78 is 30.1. The lowest BCUT2D eigenvalue weighted by molar-refractivity contribution is -0.385. The number of piperazine rings is 1. The van der Waals surface area contributed by atoms with E-state index in [0.717, 1.165) is 28.7 Å². The molecule has 0 spiro atoms. The first-order valence-electron chi connectivity index (χ1n) is 11.3. The second kappa shape index (κ2) is 9.21. The van der Waals surface area contributed by atoms with Crippen LogP contribution < -0.4 is 0 Å². The first-order valence-corrected chi connectivity index (χ1v) is 12.8.